The lowest BCUT2D eigenvalue weighted by Crippen LogP contribution is -2.34. The summed E-state index contributed by atoms with van der Waals surface area (Å²) in [5.41, 5.74) is 1.75. The van der Waals surface area contributed by atoms with E-state index in [4.69, 9.17) is 11.6 Å². The Balaban J connectivity index is 1.82. The van der Waals surface area contributed by atoms with Crippen LogP contribution in [-0.2, 0) is 11.8 Å². The van der Waals surface area contributed by atoms with E-state index < -0.39 is 0 Å². The molecule has 2 heterocycles. The summed E-state index contributed by atoms with van der Waals surface area (Å²) in [6.07, 6.45) is 6.75. The van der Waals surface area contributed by atoms with Crippen molar-refractivity contribution in [3.8, 4) is 11.4 Å². The quantitative estimate of drug-likeness (QED) is 0.804. The average Bonchev–Trinajstić information content (AvgIpc) is 2.88. The van der Waals surface area contributed by atoms with Gasteiger partial charge in [0, 0.05) is 31.8 Å². The molecule has 120 valence electrons. The number of aromatic nitrogens is 2. The Kier molecular flexibility index (Phi) is 4.82. The van der Waals surface area contributed by atoms with Gasteiger partial charge < -0.3 is 9.47 Å². The molecule has 1 aromatic carbocycles. The lowest BCUT2D eigenvalue weighted by atomic mass is 10.1. The third-order valence-corrected chi connectivity index (χ3v) is 4.46. The molecule has 1 amide bonds. The lowest BCUT2D eigenvalue weighted by molar-refractivity contribution is -0.126. The van der Waals surface area contributed by atoms with Gasteiger partial charge in [-0.1, -0.05) is 41.9 Å². The smallest absolute Gasteiger partial charge is 0.246 e. The molecule has 2 aromatic rings. The van der Waals surface area contributed by atoms with Crippen molar-refractivity contribution in [2.45, 2.75) is 19.3 Å². The zero-order valence-corrected chi connectivity index (χ0v) is 14.0. The molecule has 0 atom stereocenters. The van der Waals surface area contributed by atoms with Crippen molar-refractivity contribution >= 4 is 23.6 Å². The van der Waals surface area contributed by atoms with E-state index in [2.05, 4.69) is 4.98 Å². The molecule has 0 bridgehead atoms. The van der Waals surface area contributed by atoms with Gasteiger partial charge in [0.2, 0.25) is 5.91 Å². The van der Waals surface area contributed by atoms with Crippen LogP contribution in [0.25, 0.3) is 17.5 Å². The Bertz CT molecular complexity index is 715. The fraction of sp³-hybridized carbons (Fsp3) is 0.333. The van der Waals surface area contributed by atoms with E-state index in [1.165, 1.54) is 6.42 Å². The second-order valence-corrected chi connectivity index (χ2v) is 6.11. The highest BCUT2D eigenvalue weighted by Gasteiger charge is 2.16. The van der Waals surface area contributed by atoms with Crippen LogP contribution in [0, 0.1) is 0 Å². The van der Waals surface area contributed by atoms with Crippen molar-refractivity contribution in [2.75, 3.05) is 13.1 Å². The number of carbonyl (C=O) groups excluding carboxylic acids is 1. The summed E-state index contributed by atoms with van der Waals surface area (Å²) in [4.78, 5) is 18.6. The van der Waals surface area contributed by atoms with Crippen LogP contribution >= 0.6 is 11.6 Å². The maximum Gasteiger partial charge on any atom is 0.246 e. The molecule has 4 nitrogen and oxygen atoms in total. The fourth-order valence-electron chi connectivity index (χ4n) is 2.87. The monoisotopic (exact) mass is 329 g/mol. The molecular formula is C18H20ClN3O. The molecule has 5 heteroatoms. The molecule has 0 radical (unpaired) electrons. The van der Waals surface area contributed by atoms with Crippen molar-refractivity contribution < 1.29 is 4.79 Å². The molecule has 1 aliphatic heterocycles. The maximum absolute atomic E-state index is 12.2. The molecule has 1 aromatic heterocycles. The van der Waals surface area contributed by atoms with E-state index in [0.717, 1.165) is 43.0 Å². The van der Waals surface area contributed by atoms with E-state index in [1.807, 2.05) is 46.8 Å². The lowest BCUT2D eigenvalue weighted by Gasteiger charge is -2.25. The zero-order valence-electron chi connectivity index (χ0n) is 13.2. The largest absolute Gasteiger partial charge is 0.339 e. The van der Waals surface area contributed by atoms with Gasteiger partial charge in [-0.3, -0.25) is 4.79 Å². The second kappa shape index (κ2) is 7.01. The number of piperidine rings is 1. The van der Waals surface area contributed by atoms with Gasteiger partial charge in [0.1, 0.15) is 5.82 Å². The number of nitrogens with zero attached hydrogens (tertiary/aromatic N) is 3. The van der Waals surface area contributed by atoms with Gasteiger partial charge in [0.05, 0.1) is 5.69 Å². The SMILES string of the molecule is Cn1c(-c2ccccc2)nc(Cl)c1/C=C/C(=O)N1CCCCC1. The number of benzene rings is 1. The van der Waals surface area contributed by atoms with Crippen LogP contribution in [0.1, 0.15) is 25.0 Å². The molecule has 3 rings (SSSR count). The maximum atomic E-state index is 12.2. The van der Waals surface area contributed by atoms with Gasteiger partial charge >= 0.3 is 0 Å². The number of halogens is 1. The number of hydrogen-bond donors (Lipinski definition) is 0. The van der Waals surface area contributed by atoms with Crippen LogP contribution in [-0.4, -0.2) is 33.4 Å². The van der Waals surface area contributed by atoms with Crippen LogP contribution in [0.3, 0.4) is 0 Å². The number of imidazole rings is 1. The van der Waals surface area contributed by atoms with Gasteiger partial charge in [-0.15, -0.1) is 0 Å². The van der Waals surface area contributed by atoms with Crippen LogP contribution < -0.4 is 0 Å². The molecule has 0 N–H and O–H groups in total. The van der Waals surface area contributed by atoms with E-state index in [-0.39, 0.29) is 5.91 Å². The standard InChI is InChI=1S/C18H20ClN3O/c1-21-15(10-11-16(23)22-12-6-3-7-13-22)17(19)20-18(21)14-8-4-2-5-9-14/h2,4-5,8-11H,3,6-7,12-13H2,1H3/b11-10+. The van der Waals surface area contributed by atoms with E-state index >= 15 is 0 Å². The van der Waals surface area contributed by atoms with Crippen molar-refractivity contribution in [3.05, 3.63) is 47.3 Å². The highest BCUT2D eigenvalue weighted by Crippen LogP contribution is 2.25. The van der Waals surface area contributed by atoms with Gasteiger partial charge in [-0.2, -0.15) is 0 Å². The fourth-order valence-corrected chi connectivity index (χ4v) is 3.14. The predicted molar refractivity (Wildman–Crippen MR) is 93.1 cm³/mol. The van der Waals surface area contributed by atoms with Crippen LogP contribution in [0.15, 0.2) is 36.4 Å². The van der Waals surface area contributed by atoms with Gasteiger partial charge in [0.25, 0.3) is 0 Å². The minimum absolute atomic E-state index is 0.0447. The molecule has 1 aliphatic rings. The van der Waals surface area contributed by atoms with Crippen molar-refractivity contribution in [1.29, 1.82) is 0 Å². The Hall–Kier alpha value is -2.07. The average molecular weight is 330 g/mol. The predicted octanol–water partition coefficient (Wildman–Crippen LogP) is 3.77. The Morgan fingerprint density at radius 1 is 1.17 bits per heavy atom. The zero-order chi connectivity index (χ0) is 16.2. The summed E-state index contributed by atoms with van der Waals surface area (Å²) in [6.45, 7) is 1.69. The van der Waals surface area contributed by atoms with Crippen LogP contribution in [0.4, 0.5) is 0 Å². The van der Waals surface area contributed by atoms with E-state index in [1.54, 1.807) is 12.2 Å². The van der Waals surface area contributed by atoms with Crippen LogP contribution in [0.5, 0.6) is 0 Å². The first-order valence-corrected chi connectivity index (χ1v) is 8.29. The first-order valence-electron chi connectivity index (χ1n) is 7.91. The molecule has 0 spiro atoms. The topological polar surface area (TPSA) is 38.1 Å². The summed E-state index contributed by atoms with van der Waals surface area (Å²) >= 11 is 6.26. The number of likely N-dealkylation sites (tertiary alicyclic amines) is 1. The Morgan fingerprint density at radius 3 is 2.57 bits per heavy atom. The Morgan fingerprint density at radius 2 is 1.87 bits per heavy atom. The summed E-state index contributed by atoms with van der Waals surface area (Å²) in [5.74, 6) is 0.837. The number of carbonyl (C=O) groups is 1. The summed E-state index contributed by atoms with van der Waals surface area (Å²) < 4.78 is 1.91. The minimum atomic E-state index is 0.0447. The number of amides is 1. The molecule has 0 saturated carbocycles. The van der Waals surface area contributed by atoms with Gasteiger partial charge in [0.15, 0.2) is 5.15 Å². The molecule has 0 aliphatic carbocycles. The highest BCUT2D eigenvalue weighted by molar-refractivity contribution is 6.31. The van der Waals surface area contributed by atoms with Gasteiger partial charge in [-0.05, 0) is 25.3 Å². The summed E-state index contributed by atoms with van der Waals surface area (Å²) in [6, 6.07) is 9.88. The number of hydrogen-bond acceptors (Lipinski definition) is 2. The molecule has 1 saturated heterocycles. The molecule has 1 fully saturated rings. The van der Waals surface area contributed by atoms with Crippen LogP contribution in [0.2, 0.25) is 5.15 Å². The van der Waals surface area contributed by atoms with Crippen molar-refractivity contribution in [1.82, 2.24) is 14.5 Å². The normalized spacial score (nSPS) is 15.3. The number of rotatable bonds is 3. The minimum Gasteiger partial charge on any atom is -0.339 e. The second-order valence-electron chi connectivity index (χ2n) is 5.76. The first-order chi connectivity index (χ1) is 11.2. The first kappa shape index (κ1) is 15.8. The van der Waals surface area contributed by atoms with Crippen molar-refractivity contribution in [2.24, 2.45) is 7.05 Å². The van der Waals surface area contributed by atoms with E-state index in [9.17, 15) is 4.79 Å². The van der Waals surface area contributed by atoms with Gasteiger partial charge in [-0.25, -0.2) is 4.98 Å². The van der Waals surface area contributed by atoms with Crippen molar-refractivity contribution in [3.63, 3.8) is 0 Å². The third kappa shape index (κ3) is 3.48. The molecule has 23 heavy (non-hydrogen) atoms. The summed E-state index contributed by atoms with van der Waals surface area (Å²) in [5, 5.41) is 0.411. The highest BCUT2D eigenvalue weighted by atomic mass is 35.5. The van der Waals surface area contributed by atoms with E-state index in [0.29, 0.717) is 5.15 Å². The molecule has 0 unspecified atom stereocenters. The molecular weight excluding hydrogens is 310 g/mol. The Labute approximate surface area is 141 Å². The summed E-state index contributed by atoms with van der Waals surface area (Å²) in [7, 11) is 1.91. The third-order valence-electron chi connectivity index (χ3n) is 4.18.